The van der Waals surface area contributed by atoms with E-state index in [1.54, 1.807) is 0 Å². The number of hydrogen-bond acceptors (Lipinski definition) is 4. The number of amides is 1. The number of likely N-dealkylation sites (N-methyl/N-ethyl adjacent to an activating group) is 1. The van der Waals surface area contributed by atoms with E-state index in [0.29, 0.717) is 6.42 Å². The van der Waals surface area contributed by atoms with Crippen LogP contribution in [-0.4, -0.2) is 56.7 Å². The van der Waals surface area contributed by atoms with Gasteiger partial charge in [0.05, 0.1) is 12.5 Å². The van der Waals surface area contributed by atoms with Crippen molar-refractivity contribution in [2.45, 2.75) is 25.4 Å². The lowest BCUT2D eigenvalue weighted by atomic mass is 10.1. The minimum absolute atomic E-state index is 0.0410. The van der Waals surface area contributed by atoms with Gasteiger partial charge in [0.2, 0.25) is 5.91 Å². The third-order valence-electron chi connectivity index (χ3n) is 4.46. The smallest absolute Gasteiger partial charge is 0.226 e. The van der Waals surface area contributed by atoms with Crippen LogP contribution in [0.4, 0.5) is 11.4 Å². The summed E-state index contributed by atoms with van der Waals surface area (Å²) in [5, 5.41) is 2.96. The van der Waals surface area contributed by atoms with Crippen molar-refractivity contribution in [2.75, 3.05) is 50.1 Å². The summed E-state index contributed by atoms with van der Waals surface area (Å²) in [6.07, 6.45) is 2.62. The van der Waals surface area contributed by atoms with Crippen molar-refractivity contribution in [3.63, 3.8) is 0 Å². The van der Waals surface area contributed by atoms with Crippen molar-refractivity contribution < 1.29 is 9.53 Å². The first kappa shape index (κ1) is 15.3. The lowest BCUT2D eigenvalue weighted by Gasteiger charge is -2.34. The maximum Gasteiger partial charge on any atom is 0.226 e. The maximum absolute atomic E-state index is 12.0. The first-order valence-electron chi connectivity index (χ1n) is 8.16. The van der Waals surface area contributed by atoms with E-state index in [4.69, 9.17) is 4.74 Å². The van der Waals surface area contributed by atoms with Gasteiger partial charge < -0.3 is 19.9 Å². The highest BCUT2D eigenvalue weighted by atomic mass is 16.5. The third kappa shape index (κ3) is 3.99. The molecule has 1 atom stereocenters. The molecule has 0 aliphatic carbocycles. The van der Waals surface area contributed by atoms with E-state index in [0.717, 1.165) is 51.3 Å². The molecule has 5 heteroatoms. The number of benzene rings is 1. The van der Waals surface area contributed by atoms with Gasteiger partial charge in [0.1, 0.15) is 0 Å². The van der Waals surface area contributed by atoms with Gasteiger partial charge in [0.15, 0.2) is 0 Å². The van der Waals surface area contributed by atoms with Crippen LogP contribution in [-0.2, 0) is 9.53 Å². The van der Waals surface area contributed by atoms with Gasteiger partial charge in [-0.05, 0) is 44.2 Å². The maximum atomic E-state index is 12.0. The summed E-state index contributed by atoms with van der Waals surface area (Å²) >= 11 is 0. The second-order valence-electron chi connectivity index (χ2n) is 6.22. The van der Waals surface area contributed by atoms with E-state index >= 15 is 0 Å². The quantitative estimate of drug-likeness (QED) is 0.923. The van der Waals surface area contributed by atoms with Gasteiger partial charge in [-0.3, -0.25) is 4.79 Å². The van der Waals surface area contributed by atoms with Gasteiger partial charge in [-0.15, -0.1) is 0 Å². The molecule has 5 nitrogen and oxygen atoms in total. The molecule has 2 saturated heterocycles. The highest BCUT2D eigenvalue weighted by Crippen LogP contribution is 2.20. The van der Waals surface area contributed by atoms with Crippen LogP contribution < -0.4 is 10.2 Å². The van der Waals surface area contributed by atoms with E-state index in [1.807, 2.05) is 12.1 Å². The van der Waals surface area contributed by atoms with Crippen LogP contribution in [0.2, 0.25) is 0 Å². The van der Waals surface area contributed by atoms with Gasteiger partial charge >= 0.3 is 0 Å². The Morgan fingerprint density at radius 3 is 2.59 bits per heavy atom. The summed E-state index contributed by atoms with van der Waals surface area (Å²) in [5.74, 6) is 0.0410. The molecule has 0 aromatic heterocycles. The molecule has 2 fully saturated rings. The molecule has 1 amide bonds. The Labute approximate surface area is 132 Å². The van der Waals surface area contributed by atoms with Crippen LogP contribution in [0, 0.1) is 0 Å². The summed E-state index contributed by atoms with van der Waals surface area (Å²) in [6, 6.07) is 8.15. The molecule has 1 N–H and O–H groups in total. The van der Waals surface area contributed by atoms with Gasteiger partial charge in [-0.25, -0.2) is 0 Å². The summed E-state index contributed by atoms with van der Waals surface area (Å²) < 4.78 is 5.50. The second-order valence-corrected chi connectivity index (χ2v) is 6.22. The number of hydrogen-bond donors (Lipinski definition) is 1. The van der Waals surface area contributed by atoms with Crippen molar-refractivity contribution in [1.29, 1.82) is 0 Å². The minimum Gasteiger partial charge on any atom is -0.378 e. The highest BCUT2D eigenvalue weighted by molar-refractivity contribution is 5.91. The minimum atomic E-state index is 0.0410. The number of nitrogens with one attached hydrogen (secondary N) is 1. The molecule has 2 aliphatic rings. The Morgan fingerprint density at radius 1 is 1.23 bits per heavy atom. The monoisotopic (exact) mass is 303 g/mol. The Balaban J connectivity index is 1.51. The van der Waals surface area contributed by atoms with Crippen LogP contribution in [0.1, 0.15) is 19.3 Å². The summed E-state index contributed by atoms with van der Waals surface area (Å²) in [4.78, 5) is 16.7. The molecular formula is C17H25N3O2. The lowest BCUT2D eigenvalue weighted by molar-refractivity contribution is -0.118. The van der Waals surface area contributed by atoms with Gasteiger partial charge in [0.25, 0.3) is 0 Å². The Hall–Kier alpha value is -1.59. The first-order valence-corrected chi connectivity index (χ1v) is 8.16. The molecule has 1 aromatic carbocycles. The molecule has 0 saturated carbocycles. The number of carbonyl (C=O) groups is 1. The molecule has 0 spiro atoms. The molecule has 22 heavy (non-hydrogen) atoms. The fraction of sp³-hybridized carbons (Fsp3) is 0.588. The predicted molar refractivity (Wildman–Crippen MR) is 88.4 cm³/mol. The molecule has 1 unspecified atom stereocenters. The highest BCUT2D eigenvalue weighted by Gasteiger charge is 2.19. The summed E-state index contributed by atoms with van der Waals surface area (Å²) in [6.45, 7) is 5.10. The molecular weight excluding hydrogens is 278 g/mol. The van der Waals surface area contributed by atoms with Crippen LogP contribution >= 0.6 is 0 Å². The zero-order chi connectivity index (χ0) is 15.4. The fourth-order valence-electron chi connectivity index (χ4n) is 3.04. The molecule has 120 valence electrons. The molecule has 2 aliphatic heterocycles. The van der Waals surface area contributed by atoms with Crippen molar-refractivity contribution >= 4 is 17.3 Å². The normalized spacial score (nSPS) is 22.8. The van der Waals surface area contributed by atoms with E-state index in [-0.39, 0.29) is 12.0 Å². The number of carbonyl (C=O) groups excluding carboxylic acids is 1. The van der Waals surface area contributed by atoms with Crippen LogP contribution in [0.25, 0.3) is 0 Å². The summed E-state index contributed by atoms with van der Waals surface area (Å²) in [7, 11) is 2.16. The van der Waals surface area contributed by atoms with Crippen molar-refractivity contribution in [3.05, 3.63) is 24.3 Å². The Kier molecular flexibility index (Phi) is 4.95. The van der Waals surface area contributed by atoms with Crippen molar-refractivity contribution in [3.8, 4) is 0 Å². The first-order chi connectivity index (χ1) is 10.7. The average molecular weight is 303 g/mol. The van der Waals surface area contributed by atoms with E-state index < -0.39 is 0 Å². The van der Waals surface area contributed by atoms with Crippen LogP contribution in [0.5, 0.6) is 0 Å². The van der Waals surface area contributed by atoms with Crippen LogP contribution in [0.15, 0.2) is 24.3 Å². The number of rotatable bonds is 4. The van der Waals surface area contributed by atoms with Crippen molar-refractivity contribution in [1.82, 2.24) is 4.90 Å². The van der Waals surface area contributed by atoms with Crippen molar-refractivity contribution in [2.24, 2.45) is 0 Å². The molecule has 3 rings (SSSR count). The van der Waals surface area contributed by atoms with E-state index in [2.05, 4.69) is 34.3 Å². The predicted octanol–water partition coefficient (Wildman–Crippen LogP) is 1.95. The molecule has 1 aromatic rings. The zero-order valence-electron chi connectivity index (χ0n) is 13.3. The SMILES string of the molecule is CN1CCN(c2ccc(NC(=O)CC3CCCO3)cc2)CC1. The number of piperazine rings is 1. The number of nitrogens with zero attached hydrogens (tertiary/aromatic N) is 2. The second kappa shape index (κ2) is 7.11. The van der Waals surface area contributed by atoms with E-state index in [9.17, 15) is 4.79 Å². The zero-order valence-corrected chi connectivity index (χ0v) is 13.3. The van der Waals surface area contributed by atoms with Gasteiger partial charge in [-0.1, -0.05) is 0 Å². The summed E-state index contributed by atoms with van der Waals surface area (Å²) in [5.41, 5.74) is 2.09. The topological polar surface area (TPSA) is 44.8 Å². The largest absolute Gasteiger partial charge is 0.378 e. The number of anilines is 2. The Morgan fingerprint density at radius 2 is 1.95 bits per heavy atom. The standard InChI is InChI=1S/C17H25N3O2/c1-19-8-10-20(11-9-19)15-6-4-14(5-7-15)18-17(21)13-16-3-2-12-22-16/h4-7,16H,2-3,8-13H2,1H3,(H,18,21). The lowest BCUT2D eigenvalue weighted by Crippen LogP contribution is -2.44. The van der Waals surface area contributed by atoms with E-state index in [1.165, 1.54) is 5.69 Å². The average Bonchev–Trinajstić information content (AvgIpc) is 3.02. The van der Waals surface area contributed by atoms with Gasteiger partial charge in [0, 0.05) is 44.2 Å². The Bertz CT molecular complexity index is 489. The molecule has 0 bridgehead atoms. The molecule has 0 radical (unpaired) electrons. The molecule has 2 heterocycles. The number of ether oxygens (including phenoxy) is 1. The third-order valence-corrected chi connectivity index (χ3v) is 4.46. The van der Waals surface area contributed by atoms with Gasteiger partial charge in [-0.2, -0.15) is 0 Å². The fourth-order valence-corrected chi connectivity index (χ4v) is 3.04. The van der Waals surface area contributed by atoms with Crippen LogP contribution in [0.3, 0.4) is 0 Å².